The van der Waals surface area contributed by atoms with Crippen molar-refractivity contribution in [3.05, 3.63) is 52.8 Å². The van der Waals surface area contributed by atoms with Crippen molar-refractivity contribution in [2.75, 3.05) is 0 Å². The number of aliphatic hydroxyl groups excluding tert-OH is 1. The summed E-state index contributed by atoms with van der Waals surface area (Å²) in [5, 5.41) is 9.15. The van der Waals surface area contributed by atoms with Crippen molar-refractivity contribution >= 4 is 0 Å². The summed E-state index contributed by atoms with van der Waals surface area (Å²) in [6, 6.07) is 8.84. The van der Waals surface area contributed by atoms with Gasteiger partial charge in [-0.1, -0.05) is 18.2 Å². The maximum absolute atomic E-state index is 12.8. The van der Waals surface area contributed by atoms with E-state index in [0.29, 0.717) is 5.56 Å². The second-order valence-corrected chi connectivity index (χ2v) is 4.50. The number of benzene rings is 1. The van der Waals surface area contributed by atoms with Gasteiger partial charge in [0, 0.05) is 0 Å². The molecule has 2 nitrogen and oxygen atoms in total. The molecule has 1 N–H and O–H groups in total. The molecule has 100 valence electrons. The monoisotopic (exact) mass is 263 g/mol. The van der Waals surface area contributed by atoms with Gasteiger partial charge in [0.25, 0.3) is 6.43 Å². The van der Waals surface area contributed by atoms with Crippen LogP contribution in [0, 0.1) is 13.8 Å². The summed E-state index contributed by atoms with van der Waals surface area (Å²) in [7, 11) is 0. The number of hydrogen-bond acceptors (Lipinski definition) is 2. The second-order valence-electron chi connectivity index (χ2n) is 4.50. The van der Waals surface area contributed by atoms with Gasteiger partial charge in [-0.3, -0.25) is 0 Å². The van der Waals surface area contributed by atoms with Gasteiger partial charge in [-0.15, -0.1) is 0 Å². The van der Waals surface area contributed by atoms with Gasteiger partial charge in [0.1, 0.15) is 5.69 Å². The number of rotatable bonds is 3. The quantitative estimate of drug-likeness (QED) is 0.913. The Bertz CT molecular complexity index is 576. The van der Waals surface area contributed by atoms with Crippen LogP contribution in [0.3, 0.4) is 0 Å². The van der Waals surface area contributed by atoms with Gasteiger partial charge >= 0.3 is 0 Å². The van der Waals surface area contributed by atoms with E-state index in [0.717, 1.165) is 16.7 Å². The molecule has 4 heteroatoms. The van der Waals surface area contributed by atoms with Crippen molar-refractivity contribution in [3.8, 4) is 11.1 Å². The molecule has 0 unspecified atom stereocenters. The lowest BCUT2D eigenvalue weighted by atomic mass is 9.95. The molecule has 0 radical (unpaired) electrons. The van der Waals surface area contributed by atoms with Crippen molar-refractivity contribution in [2.24, 2.45) is 0 Å². The van der Waals surface area contributed by atoms with Crippen LogP contribution in [0.5, 0.6) is 0 Å². The van der Waals surface area contributed by atoms with E-state index in [1.54, 1.807) is 6.07 Å². The van der Waals surface area contributed by atoms with Crippen molar-refractivity contribution < 1.29 is 13.9 Å². The third-order valence-electron chi connectivity index (χ3n) is 3.05. The molecule has 0 spiro atoms. The molecule has 2 rings (SSSR count). The van der Waals surface area contributed by atoms with E-state index in [2.05, 4.69) is 4.98 Å². The summed E-state index contributed by atoms with van der Waals surface area (Å²) in [5.74, 6) is 0. The lowest BCUT2D eigenvalue weighted by molar-refractivity contribution is 0.145. The Kier molecular flexibility index (Phi) is 3.90. The molecule has 1 aromatic heterocycles. The molecule has 0 saturated carbocycles. The van der Waals surface area contributed by atoms with E-state index in [1.165, 1.54) is 6.07 Å². The number of pyridine rings is 1. The standard InChI is InChI=1S/C15H15F2NO/c1-9-4-3-5-10(2)14(9)11-6-12(8-19)18-13(7-11)15(16)17/h3-7,15,19H,8H2,1-2H3. The third-order valence-corrected chi connectivity index (χ3v) is 3.05. The van der Waals surface area contributed by atoms with Gasteiger partial charge in [-0.2, -0.15) is 0 Å². The van der Waals surface area contributed by atoms with E-state index < -0.39 is 6.43 Å². The highest BCUT2D eigenvalue weighted by atomic mass is 19.3. The maximum Gasteiger partial charge on any atom is 0.280 e. The molecule has 0 amide bonds. The fourth-order valence-corrected chi connectivity index (χ4v) is 2.22. The zero-order valence-electron chi connectivity index (χ0n) is 10.8. The topological polar surface area (TPSA) is 33.1 Å². The first-order chi connectivity index (χ1) is 9.02. The number of alkyl halides is 2. The van der Waals surface area contributed by atoms with Crippen LogP contribution in [-0.2, 0) is 6.61 Å². The van der Waals surface area contributed by atoms with Crippen LogP contribution >= 0.6 is 0 Å². The fourth-order valence-electron chi connectivity index (χ4n) is 2.22. The molecule has 0 atom stereocenters. The van der Waals surface area contributed by atoms with Gasteiger partial charge in [0.2, 0.25) is 0 Å². The lowest BCUT2D eigenvalue weighted by Gasteiger charge is -2.12. The van der Waals surface area contributed by atoms with Crippen LogP contribution in [0.1, 0.15) is 28.9 Å². The molecular formula is C15H15F2NO. The first kappa shape index (κ1) is 13.6. The summed E-state index contributed by atoms with van der Waals surface area (Å²) >= 11 is 0. The van der Waals surface area contributed by atoms with Crippen LogP contribution < -0.4 is 0 Å². The van der Waals surface area contributed by atoms with Gasteiger partial charge in [-0.05, 0) is 48.2 Å². The van der Waals surface area contributed by atoms with E-state index in [4.69, 9.17) is 5.11 Å². The van der Waals surface area contributed by atoms with Crippen molar-refractivity contribution in [1.82, 2.24) is 4.98 Å². The minimum absolute atomic E-state index is 0.260. The van der Waals surface area contributed by atoms with E-state index in [-0.39, 0.29) is 18.0 Å². The Morgan fingerprint density at radius 2 is 1.79 bits per heavy atom. The highest BCUT2D eigenvalue weighted by Gasteiger charge is 2.14. The number of halogens is 2. The van der Waals surface area contributed by atoms with Gasteiger partial charge in [0.15, 0.2) is 0 Å². The molecule has 0 bridgehead atoms. The fraction of sp³-hybridized carbons (Fsp3) is 0.267. The summed E-state index contributed by atoms with van der Waals surface area (Å²) in [6.45, 7) is 3.52. The predicted molar refractivity (Wildman–Crippen MR) is 70.0 cm³/mol. The Labute approximate surface area is 110 Å². The second kappa shape index (κ2) is 5.45. The molecule has 0 aliphatic carbocycles. The Hall–Kier alpha value is -1.81. The molecular weight excluding hydrogens is 248 g/mol. The van der Waals surface area contributed by atoms with E-state index in [9.17, 15) is 8.78 Å². The highest BCUT2D eigenvalue weighted by molar-refractivity contribution is 5.71. The number of aromatic nitrogens is 1. The average molecular weight is 263 g/mol. The summed E-state index contributed by atoms with van der Waals surface area (Å²) < 4.78 is 25.7. The third kappa shape index (κ3) is 2.79. The first-order valence-electron chi connectivity index (χ1n) is 5.99. The van der Waals surface area contributed by atoms with Crippen molar-refractivity contribution in [2.45, 2.75) is 26.9 Å². The smallest absolute Gasteiger partial charge is 0.280 e. The van der Waals surface area contributed by atoms with Crippen LogP contribution in [-0.4, -0.2) is 10.1 Å². The maximum atomic E-state index is 12.8. The molecule has 1 heterocycles. The Balaban J connectivity index is 2.64. The lowest BCUT2D eigenvalue weighted by Crippen LogP contribution is -1.99. The van der Waals surface area contributed by atoms with Crippen molar-refractivity contribution in [1.29, 1.82) is 0 Å². The summed E-state index contributed by atoms with van der Waals surface area (Å²) in [6.07, 6.45) is -2.64. The Morgan fingerprint density at radius 1 is 1.16 bits per heavy atom. The molecule has 2 aromatic rings. The van der Waals surface area contributed by atoms with Crippen LogP contribution in [0.15, 0.2) is 30.3 Å². The molecule has 0 aliphatic rings. The first-order valence-corrected chi connectivity index (χ1v) is 5.99. The van der Waals surface area contributed by atoms with Gasteiger partial charge in [-0.25, -0.2) is 13.8 Å². The molecule has 0 fully saturated rings. The number of hydrogen-bond donors (Lipinski definition) is 1. The van der Waals surface area contributed by atoms with Gasteiger partial charge in [0.05, 0.1) is 12.3 Å². The normalized spacial score (nSPS) is 11.1. The van der Waals surface area contributed by atoms with Crippen LogP contribution in [0.25, 0.3) is 11.1 Å². The number of aryl methyl sites for hydroxylation is 2. The van der Waals surface area contributed by atoms with E-state index >= 15 is 0 Å². The Morgan fingerprint density at radius 3 is 2.32 bits per heavy atom. The zero-order valence-corrected chi connectivity index (χ0v) is 10.8. The zero-order chi connectivity index (χ0) is 14.0. The molecule has 19 heavy (non-hydrogen) atoms. The van der Waals surface area contributed by atoms with E-state index in [1.807, 2.05) is 32.0 Å². The number of aliphatic hydroxyl groups is 1. The summed E-state index contributed by atoms with van der Waals surface area (Å²) in [4.78, 5) is 3.74. The van der Waals surface area contributed by atoms with Gasteiger partial charge < -0.3 is 5.11 Å². The molecule has 1 aromatic carbocycles. The predicted octanol–water partition coefficient (Wildman–Crippen LogP) is 3.80. The minimum atomic E-state index is -2.64. The van der Waals surface area contributed by atoms with Crippen LogP contribution in [0.4, 0.5) is 8.78 Å². The average Bonchev–Trinajstić information content (AvgIpc) is 2.38. The summed E-state index contributed by atoms with van der Waals surface area (Å²) in [5.41, 5.74) is 3.57. The largest absolute Gasteiger partial charge is 0.390 e. The van der Waals surface area contributed by atoms with Crippen LogP contribution in [0.2, 0.25) is 0 Å². The molecule has 0 aliphatic heterocycles. The highest BCUT2D eigenvalue weighted by Crippen LogP contribution is 2.30. The molecule has 0 saturated heterocycles. The van der Waals surface area contributed by atoms with Crippen molar-refractivity contribution in [3.63, 3.8) is 0 Å². The SMILES string of the molecule is Cc1cccc(C)c1-c1cc(CO)nc(C(F)F)c1. The number of nitrogens with zero attached hydrogens (tertiary/aromatic N) is 1. The minimum Gasteiger partial charge on any atom is -0.390 e.